The van der Waals surface area contributed by atoms with E-state index in [0.29, 0.717) is 18.5 Å². The molecule has 0 aliphatic carbocycles. The van der Waals surface area contributed by atoms with E-state index in [4.69, 9.17) is 4.74 Å². The average Bonchev–Trinajstić information content (AvgIpc) is 3.41. The van der Waals surface area contributed by atoms with Gasteiger partial charge in [0, 0.05) is 37.3 Å². The van der Waals surface area contributed by atoms with Gasteiger partial charge in [0.2, 0.25) is 10.0 Å². The summed E-state index contributed by atoms with van der Waals surface area (Å²) in [7, 11) is -2.10. The lowest BCUT2D eigenvalue weighted by molar-refractivity contribution is -0.151. The maximum Gasteiger partial charge on any atom is 0.309 e. The van der Waals surface area contributed by atoms with Crippen LogP contribution in [0.1, 0.15) is 18.5 Å². The number of ether oxygens (including phenoxy) is 1. The van der Waals surface area contributed by atoms with Crippen molar-refractivity contribution in [3.63, 3.8) is 0 Å². The zero-order valence-corrected chi connectivity index (χ0v) is 18.4. The number of esters is 1. The normalized spacial score (nSPS) is 15.8. The Bertz CT molecular complexity index is 1180. The minimum Gasteiger partial charge on any atom is -0.459 e. The first kappa shape index (κ1) is 21.6. The highest BCUT2D eigenvalue weighted by Crippen LogP contribution is 2.27. The van der Waals surface area contributed by atoms with Crippen LogP contribution in [0.3, 0.4) is 0 Å². The monoisotopic (exact) mass is 464 g/mol. The van der Waals surface area contributed by atoms with Gasteiger partial charge in [-0.2, -0.15) is 9.40 Å². The number of hydrogen-bond donors (Lipinski definition) is 0. The lowest BCUT2D eigenvalue weighted by Crippen LogP contribution is -2.40. The smallest absolute Gasteiger partial charge is 0.309 e. The van der Waals surface area contributed by atoms with Crippen LogP contribution in [0.5, 0.6) is 0 Å². The molecule has 0 spiro atoms. The molecule has 0 saturated carbocycles. The van der Waals surface area contributed by atoms with E-state index in [9.17, 15) is 17.6 Å². The maximum absolute atomic E-state index is 13.9. The number of piperidine rings is 1. The Morgan fingerprint density at radius 2 is 2.03 bits per heavy atom. The lowest BCUT2D eigenvalue weighted by Gasteiger charge is -2.30. The van der Waals surface area contributed by atoms with Crippen molar-refractivity contribution in [3.8, 4) is 10.6 Å². The van der Waals surface area contributed by atoms with Crippen LogP contribution in [0.15, 0.2) is 46.9 Å². The lowest BCUT2D eigenvalue weighted by atomic mass is 9.98. The second-order valence-corrected chi connectivity index (χ2v) is 10.0. The molecule has 0 unspecified atom stereocenters. The molecule has 0 amide bonds. The molecule has 164 valence electrons. The van der Waals surface area contributed by atoms with Gasteiger partial charge in [-0.1, -0.05) is 12.1 Å². The highest BCUT2D eigenvalue weighted by atomic mass is 32.2. The summed E-state index contributed by atoms with van der Waals surface area (Å²) in [4.78, 5) is 16.6. The van der Waals surface area contributed by atoms with Gasteiger partial charge >= 0.3 is 5.97 Å². The average molecular weight is 465 g/mol. The first-order chi connectivity index (χ1) is 14.8. The van der Waals surface area contributed by atoms with Crippen LogP contribution in [0, 0.1) is 11.7 Å². The van der Waals surface area contributed by atoms with Crippen molar-refractivity contribution in [1.82, 2.24) is 19.1 Å². The van der Waals surface area contributed by atoms with Crippen molar-refractivity contribution >= 4 is 27.3 Å². The zero-order chi connectivity index (χ0) is 22.0. The number of thiazole rings is 1. The van der Waals surface area contributed by atoms with E-state index in [1.165, 1.54) is 33.8 Å². The fourth-order valence-corrected chi connectivity index (χ4v) is 5.74. The van der Waals surface area contributed by atoms with E-state index in [2.05, 4.69) is 10.1 Å². The zero-order valence-electron chi connectivity index (χ0n) is 16.8. The third-order valence-electron chi connectivity index (χ3n) is 5.11. The molecule has 4 rings (SSSR count). The van der Waals surface area contributed by atoms with Crippen LogP contribution in [0.4, 0.5) is 4.39 Å². The Balaban J connectivity index is 1.31. The Morgan fingerprint density at radius 3 is 2.71 bits per heavy atom. The molecule has 2 aromatic heterocycles. The molecule has 0 N–H and O–H groups in total. The Hall–Kier alpha value is -2.63. The standard InChI is InChI=1S/C20H21FN4O4S2/c1-24-11-15(10-22-24)19-23-16(13-30-19)12-29-20(26)14-6-8-25(9-7-14)31(27,28)18-5-3-2-4-17(18)21/h2-5,10-11,13-14H,6-9,12H2,1H3. The van der Waals surface area contributed by atoms with Crippen molar-refractivity contribution < 1.29 is 22.3 Å². The third-order valence-corrected chi connectivity index (χ3v) is 7.98. The third kappa shape index (κ3) is 4.68. The van der Waals surface area contributed by atoms with Gasteiger partial charge in [-0.05, 0) is 25.0 Å². The van der Waals surface area contributed by atoms with Gasteiger partial charge in [-0.15, -0.1) is 11.3 Å². The summed E-state index contributed by atoms with van der Waals surface area (Å²) < 4.78 is 47.6. The predicted octanol–water partition coefficient (Wildman–Crippen LogP) is 2.83. The summed E-state index contributed by atoms with van der Waals surface area (Å²) in [6.07, 6.45) is 4.23. The molecule has 1 saturated heterocycles. The van der Waals surface area contributed by atoms with Crippen molar-refractivity contribution in [3.05, 3.63) is 53.6 Å². The molecular weight excluding hydrogens is 443 g/mol. The molecule has 31 heavy (non-hydrogen) atoms. The van der Waals surface area contributed by atoms with Crippen molar-refractivity contribution in [2.24, 2.45) is 13.0 Å². The summed E-state index contributed by atoms with van der Waals surface area (Å²) in [5, 5.41) is 6.75. The van der Waals surface area contributed by atoms with E-state index in [0.717, 1.165) is 16.6 Å². The number of aryl methyl sites for hydroxylation is 1. The van der Waals surface area contributed by atoms with Crippen LogP contribution in [-0.4, -0.2) is 46.5 Å². The molecular formula is C20H21FN4O4S2. The number of hydrogen-bond acceptors (Lipinski definition) is 7. The van der Waals surface area contributed by atoms with Crippen molar-refractivity contribution in [2.75, 3.05) is 13.1 Å². The molecule has 0 radical (unpaired) electrons. The second-order valence-electron chi connectivity index (χ2n) is 7.26. The maximum atomic E-state index is 13.9. The van der Waals surface area contributed by atoms with E-state index in [1.54, 1.807) is 10.9 Å². The molecule has 1 aliphatic heterocycles. The minimum atomic E-state index is -3.93. The van der Waals surface area contributed by atoms with Crippen molar-refractivity contribution in [2.45, 2.75) is 24.3 Å². The number of nitrogens with zero attached hydrogens (tertiary/aromatic N) is 4. The largest absolute Gasteiger partial charge is 0.459 e. The fraction of sp³-hybridized carbons (Fsp3) is 0.350. The van der Waals surface area contributed by atoms with Gasteiger partial charge in [-0.3, -0.25) is 9.48 Å². The Morgan fingerprint density at radius 1 is 1.29 bits per heavy atom. The molecule has 1 aliphatic rings. The Kier molecular flexibility index (Phi) is 6.17. The number of sulfonamides is 1. The molecule has 0 bridgehead atoms. The summed E-state index contributed by atoms with van der Waals surface area (Å²) >= 11 is 1.45. The number of carbonyl (C=O) groups excluding carboxylic acids is 1. The van der Waals surface area contributed by atoms with Crippen LogP contribution in [0.2, 0.25) is 0 Å². The van der Waals surface area contributed by atoms with Gasteiger partial charge in [0.05, 0.1) is 17.8 Å². The van der Waals surface area contributed by atoms with Gasteiger partial charge in [0.15, 0.2) is 0 Å². The minimum absolute atomic E-state index is 0.0589. The van der Waals surface area contributed by atoms with E-state index in [-0.39, 0.29) is 30.6 Å². The number of rotatable bonds is 6. The number of benzene rings is 1. The number of carbonyl (C=O) groups is 1. The van der Waals surface area contributed by atoms with Gasteiger partial charge in [0.1, 0.15) is 22.3 Å². The van der Waals surface area contributed by atoms with Gasteiger partial charge in [0.25, 0.3) is 0 Å². The van der Waals surface area contributed by atoms with E-state index < -0.39 is 21.8 Å². The molecule has 1 aromatic carbocycles. The van der Waals surface area contributed by atoms with Gasteiger partial charge in [-0.25, -0.2) is 17.8 Å². The first-order valence-corrected chi connectivity index (χ1v) is 12.0. The fourth-order valence-electron chi connectivity index (χ4n) is 3.43. The molecule has 0 atom stereocenters. The van der Waals surface area contributed by atoms with Gasteiger partial charge < -0.3 is 4.74 Å². The highest BCUT2D eigenvalue weighted by Gasteiger charge is 2.34. The molecule has 11 heteroatoms. The Labute approximate surface area is 183 Å². The van der Waals surface area contributed by atoms with Crippen molar-refractivity contribution in [1.29, 1.82) is 0 Å². The van der Waals surface area contributed by atoms with Crippen LogP contribution < -0.4 is 0 Å². The second kappa shape index (κ2) is 8.85. The SMILES string of the molecule is Cn1cc(-c2nc(COC(=O)C3CCN(S(=O)(=O)c4ccccc4F)CC3)cs2)cn1. The number of halogens is 1. The molecule has 8 nitrogen and oxygen atoms in total. The quantitative estimate of drug-likeness (QED) is 0.521. The van der Waals surface area contributed by atoms with Crippen LogP contribution in [-0.2, 0) is 33.2 Å². The highest BCUT2D eigenvalue weighted by molar-refractivity contribution is 7.89. The summed E-state index contributed by atoms with van der Waals surface area (Å²) in [6, 6.07) is 5.30. The molecule has 1 fully saturated rings. The topological polar surface area (TPSA) is 94.4 Å². The predicted molar refractivity (Wildman–Crippen MR) is 112 cm³/mol. The summed E-state index contributed by atoms with van der Waals surface area (Å²) in [6.45, 7) is 0.333. The van der Waals surface area contributed by atoms with Crippen LogP contribution in [0.25, 0.3) is 10.6 Å². The molecule has 3 aromatic rings. The van der Waals surface area contributed by atoms with Crippen LogP contribution >= 0.6 is 11.3 Å². The molecule has 3 heterocycles. The first-order valence-electron chi connectivity index (χ1n) is 9.69. The van der Waals surface area contributed by atoms with E-state index >= 15 is 0 Å². The summed E-state index contributed by atoms with van der Waals surface area (Å²) in [5.41, 5.74) is 1.55. The summed E-state index contributed by atoms with van der Waals surface area (Å²) in [5.74, 6) is -1.56. The number of aromatic nitrogens is 3. The van der Waals surface area contributed by atoms with E-state index in [1.807, 2.05) is 18.6 Å².